The van der Waals surface area contributed by atoms with Crippen LogP contribution < -0.4 is 20.9 Å². The first-order valence-electron chi connectivity index (χ1n) is 12.6. The molecule has 0 spiro atoms. The van der Waals surface area contributed by atoms with Crippen LogP contribution in [0.5, 0.6) is 17.2 Å². The number of aliphatic imine (C=N–C) groups is 1. The van der Waals surface area contributed by atoms with Crippen molar-refractivity contribution in [3.63, 3.8) is 0 Å². The zero-order valence-corrected chi connectivity index (χ0v) is 22.5. The number of esters is 1. The Hall–Kier alpha value is -4.08. The van der Waals surface area contributed by atoms with E-state index in [9.17, 15) is 34.8 Å². The lowest BCUT2D eigenvalue weighted by atomic mass is 9.80. The first-order valence-corrected chi connectivity index (χ1v) is 12.6. The second-order valence-corrected chi connectivity index (χ2v) is 9.64. The molecule has 0 amide bonds. The van der Waals surface area contributed by atoms with E-state index in [1.165, 1.54) is 32.0 Å². The maximum Gasteiger partial charge on any atom is 0.308 e. The Morgan fingerprint density at radius 2 is 1.76 bits per heavy atom. The van der Waals surface area contributed by atoms with E-state index in [4.69, 9.17) is 30.4 Å². The van der Waals surface area contributed by atoms with Crippen LogP contribution in [-0.4, -0.2) is 87.8 Å². The summed E-state index contributed by atoms with van der Waals surface area (Å²) in [5.74, 6) is -2.90. The molecule has 14 heteroatoms. The highest BCUT2D eigenvalue weighted by Gasteiger charge is 2.45. The second-order valence-electron chi connectivity index (χ2n) is 9.64. The third-order valence-electron chi connectivity index (χ3n) is 6.80. The molecule has 1 fully saturated rings. The number of ether oxygens (including phenoxy) is 4. The molecular weight excluding hydrogens is 542 g/mol. The molecule has 220 valence electrons. The summed E-state index contributed by atoms with van der Waals surface area (Å²) in [5.41, 5.74) is 9.98. The van der Waals surface area contributed by atoms with Crippen molar-refractivity contribution in [3.05, 3.63) is 51.6 Å². The van der Waals surface area contributed by atoms with E-state index < -0.39 is 60.6 Å². The van der Waals surface area contributed by atoms with Gasteiger partial charge in [-0.2, -0.15) is 0 Å². The van der Waals surface area contributed by atoms with E-state index >= 15 is 0 Å². The fraction of sp³-hybridized carbons (Fsp3) is 0.407. The average Bonchev–Trinajstić information content (AvgIpc) is 2.91. The summed E-state index contributed by atoms with van der Waals surface area (Å²) in [6.07, 6.45) is -6.20. The molecule has 41 heavy (non-hydrogen) atoms. The van der Waals surface area contributed by atoms with Crippen molar-refractivity contribution in [2.45, 2.75) is 58.1 Å². The largest absolute Gasteiger partial charge is 0.507 e. The Bertz CT molecular complexity index is 1420. The number of nitrogens with two attached hydrogens (primary N) is 2. The van der Waals surface area contributed by atoms with Crippen molar-refractivity contribution in [1.82, 2.24) is 0 Å². The van der Waals surface area contributed by atoms with E-state index in [-0.39, 0.29) is 64.0 Å². The van der Waals surface area contributed by atoms with Gasteiger partial charge in [-0.1, -0.05) is 0 Å². The molecule has 0 aromatic heterocycles. The number of fused-ring (bicyclic) bond motifs is 2. The van der Waals surface area contributed by atoms with Gasteiger partial charge < -0.3 is 50.8 Å². The number of phenolic OH excluding ortho intramolecular Hbond substituents is 1. The molecule has 1 heterocycles. The molecule has 8 N–H and O–H groups in total. The number of guanidine groups is 1. The number of rotatable bonds is 8. The number of aliphatic hydroxyl groups excluding tert-OH is 3. The zero-order valence-electron chi connectivity index (χ0n) is 22.5. The predicted octanol–water partition coefficient (Wildman–Crippen LogP) is -0.602. The highest BCUT2D eigenvalue weighted by Crippen LogP contribution is 2.42. The van der Waals surface area contributed by atoms with Crippen molar-refractivity contribution < 1.29 is 53.8 Å². The van der Waals surface area contributed by atoms with Gasteiger partial charge in [-0.05, 0) is 37.6 Å². The Morgan fingerprint density at radius 1 is 1.07 bits per heavy atom. The fourth-order valence-electron chi connectivity index (χ4n) is 4.78. The molecule has 2 aromatic carbocycles. The van der Waals surface area contributed by atoms with E-state index in [2.05, 4.69) is 4.99 Å². The van der Waals surface area contributed by atoms with Gasteiger partial charge >= 0.3 is 5.97 Å². The van der Waals surface area contributed by atoms with Crippen LogP contribution in [0.4, 0.5) is 0 Å². The maximum absolute atomic E-state index is 13.6. The Balaban J connectivity index is 1.73. The lowest BCUT2D eigenvalue weighted by Gasteiger charge is -2.41. The molecule has 5 unspecified atom stereocenters. The highest BCUT2D eigenvalue weighted by atomic mass is 16.7. The summed E-state index contributed by atoms with van der Waals surface area (Å²) in [6.45, 7) is 3.45. The number of phenols is 1. The summed E-state index contributed by atoms with van der Waals surface area (Å²) in [5, 5.41) is 41.9. The number of ketones is 2. The topological polar surface area (TPSA) is 233 Å². The summed E-state index contributed by atoms with van der Waals surface area (Å²) >= 11 is 0. The lowest BCUT2D eigenvalue weighted by Crippen LogP contribution is -2.59. The van der Waals surface area contributed by atoms with E-state index in [1.54, 1.807) is 0 Å². The number of nitrogens with zero attached hydrogens (tertiary/aromatic N) is 1. The number of hydrogen-bond donors (Lipinski definition) is 6. The normalized spacial score (nSPS) is 23.4. The molecular formula is C27H31N3O11. The molecule has 1 aliphatic carbocycles. The van der Waals surface area contributed by atoms with Crippen molar-refractivity contribution in [1.29, 1.82) is 0 Å². The van der Waals surface area contributed by atoms with Crippen LogP contribution in [0.15, 0.2) is 23.2 Å². The van der Waals surface area contributed by atoms with E-state index in [0.717, 1.165) is 6.92 Å². The van der Waals surface area contributed by atoms with E-state index in [1.807, 2.05) is 0 Å². The summed E-state index contributed by atoms with van der Waals surface area (Å²) in [7, 11) is 0. The molecule has 5 atom stereocenters. The first kappa shape index (κ1) is 29.9. The van der Waals surface area contributed by atoms with Crippen LogP contribution in [0.3, 0.4) is 0 Å². The molecule has 2 aromatic rings. The second kappa shape index (κ2) is 11.8. The number of benzene rings is 2. The van der Waals surface area contributed by atoms with Gasteiger partial charge in [0.05, 0.1) is 31.4 Å². The molecule has 2 aliphatic rings. The summed E-state index contributed by atoms with van der Waals surface area (Å²) in [4.78, 5) is 42.4. The number of carbonyl (C=O) groups is 3. The van der Waals surface area contributed by atoms with Crippen molar-refractivity contribution in [2.75, 3.05) is 13.2 Å². The number of aromatic hydroxyl groups is 1. The molecule has 1 saturated heterocycles. The van der Waals surface area contributed by atoms with E-state index in [0.29, 0.717) is 0 Å². The Kier molecular flexibility index (Phi) is 8.60. The molecule has 14 nitrogen and oxygen atoms in total. The zero-order chi connectivity index (χ0) is 30.2. The fourth-order valence-corrected chi connectivity index (χ4v) is 4.78. The van der Waals surface area contributed by atoms with Gasteiger partial charge in [0.1, 0.15) is 35.6 Å². The van der Waals surface area contributed by atoms with Crippen molar-refractivity contribution in [2.24, 2.45) is 16.5 Å². The molecule has 0 radical (unpaired) electrons. The van der Waals surface area contributed by atoms with Gasteiger partial charge in [0.25, 0.3) is 0 Å². The predicted molar refractivity (Wildman–Crippen MR) is 141 cm³/mol. The third-order valence-corrected chi connectivity index (χ3v) is 6.80. The van der Waals surface area contributed by atoms with Gasteiger partial charge in [0, 0.05) is 29.2 Å². The van der Waals surface area contributed by atoms with Crippen LogP contribution in [0, 0.1) is 6.92 Å². The molecule has 4 rings (SSSR count). The quantitative estimate of drug-likeness (QED) is 0.0650. The minimum atomic E-state index is -1.44. The van der Waals surface area contributed by atoms with Crippen molar-refractivity contribution >= 4 is 23.5 Å². The van der Waals surface area contributed by atoms with Gasteiger partial charge in [0.15, 0.2) is 17.5 Å². The van der Waals surface area contributed by atoms with Gasteiger partial charge in [0.2, 0.25) is 6.29 Å². The van der Waals surface area contributed by atoms with Gasteiger partial charge in [-0.3, -0.25) is 19.4 Å². The highest BCUT2D eigenvalue weighted by molar-refractivity contribution is 6.30. The summed E-state index contributed by atoms with van der Waals surface area (Å²) < 4.78 is 22.4. The standard InChI is InChI=1S/C27H31N3O11/c1-10-17(41-26-25(38-5-4-30-27(28)29)24(37)21(34)11(2)39-26)8-16-19(20(10)33)23(36)18-13(9-31)6-14(40-12(3)32)7-15(18)22(16)35/h6-8,11,21,24-26,31,33-34,37H,4-5,9H2,1-3H3,(H4,28,29,30). The molecule has 0 saturated carbocycles. The number of hydrogen-bond acceptors (Lipinski definition) is 12. The SMILES string of the molecule is CC(=O)Oc1cc(CO)c2c(c1)C(=O)c1cc(OC3OC(C)C(O)C(O)C3OCCN=C(N)N)c(C)c(O)c1C2=O. The Labute approximate surface area is 234 Å². The smallest absolute Gasteiger partial charge is 0.308 e. The monoisotopic (exact) mass is 573 g/mol. The minimum Gasteiger partial charge on any atom is -0.507 e. The van der Waals surface area contributed by atoms with Gasteiger partial charge in [-0.15, -0.1) is 0 Å². The number of carbonyl (C=O) groups excluding carboxylic acids is 3. The van der Waals surface area contributed by atoms with Gasteiger partial charge in [-0.25, -0.2) is 0 Å². The third kappa shape index (κ3) is 5.73. The van der Waals surface area contributed by atoms with Crippen LogP contribution in [0.25, 0.3) is 0 Å². The maximum atomic E-state index is 13.6. The average molecular weight is 574 g/mol. The first-order chi connectivity index (χ1) is 19.3. The van der Waals surface area contributed by atoms with Crippen LogP contribution >= 0.6 is 0 Å². The Morgan fingerprint density at radius 3 is 2.39 bits per heavy atom. The van der Waals surface area contributed by atoms with Crippen molar-refractivity contribution in [3.8, 4) is 17.2 Å². The number of aliphatic hydroxyl groups is 3. The minimum absolute atomic E-state index is 0.0398. The summed E-state index contributed by atoms with van der Waals surface area (Å²) in [6, 6.07) is 3.72. The van der Waals surface area contributed by atoms with Crippen LogP contribution in [0.1, 0.15) is 56.8 Å². The van der Waals surface area contributed by atoms with Crippen LogP contribution in [0.2, 0.25) is 0 Å². The molecule has 1 aliphatic heterocycles. The lowest BCUT2D eigenvalue weighted by molar-refractivity contribution is -0.278. The molecule has 0 bridgehead atoms. The van der Waals surface area contributed by atoms with Crippen LogP contribution in [-0.2, 0) is 20.9 Å².